The zero-order chi connectivity index (χ0) is 18.3. The molecule has 0 radical (unpaired) electrons. The van der Waals surface area contributed by atoms with E-state index in [0.29, 0.717) is 5.92 Å². The van der Waals surface area contributed by atoms with Crippen LogP contribution in [-0.2, 0) is 14.4 Å². The van der Waals surface area contributed by atoms with Gasteiger partial charge in [0.15, 0.2) is 0 Å². The summed E-state index contributed by atoms with van der Waals surface area (Å²) in [6.45, 7) is 7.51. The average molecular weight is 342 g/mol. The van der Waals surface area contributed by atoms with Gasteiger partial charge in [-0.25, -0.2) is 0 Å². The minimum absolute atomic E-state index is 0.0126. The molecule has 5 nitrogen and oxygen atoms in total. The van der Waals surface area contributed by atoms with E-state index in [1.54, 1.807) is 4.90 Å². The minimum atomic E-state index is -0.205. The Balaban J connectivity index is 1.88. The number of aryl methyl sites for hydroxylation is 2. The topological polar surface area (TPSA) is 57.7 Å². The van der Waals surface area contributed by atoms with Gasteiger partial charge in [0.2, 0.25) is 17.7 Å². The Kier molecular flexibility index (Phi) is 4.67. The lowest BCUT2D eigenvalue weighted by Crippen LogP contribution is -2.44. The van der Waals surface area contributed by atoms with E-state index < -0.39 is 0 Å². The van der Waals surface area contributed by atoms with Gasteiger partial charge in [-0.2, -0.15) is 0 Å². The standard InChI is InChI=1S/C20H26N2O3/c1-12-6-8-16-17(9-12)20(25)22(19(16)24)11-21(15(4)23)18-10-13(2)5-7-14(18)3/h5,7,10,12,16-17H,6,8-9,11H2,1-4H3. The molecule has 2 fully saturated rings. The zero-order valence-corrected chi connectivity index (χ0v) is 15.4. The van der Waals surface area contributed by atoms with Crippen LogP contribution in [0.2, 0.25) is 0 Å². The van der Waals surface area contributed by atoms with Gasteiger partial charge in [-0.15, -0.1) is 0 Å². The Hall–Kier alpha value is -2.17. The number of fused-ring (bicyclic) bond motifs is 1. The van der Waals surface area contributed by atoms with Gasteiger partial charge in [-0.05, 0) is 56.2 Å². The van der Waals surface area contributed by atoms with Crippen LogP contribution >= 0.6 is 0 Å². The maximum absolute atomic E-state index is 12.8. The summed E-state index contributed by atoms with van der Waals surface area (Å²) >= 11 is 0. The molecule has 134 valence electrons. The summed E-state index contributed by atoms with van der Waals surface area (Å²) in [5.74, 6) is -0.324. The number of rotatable bonds is 3. The molecule has 1 heterocycles. The number of imide groups is 1. The molecule has 25 heavy (non-hydrogen) atoms. The Bertz CT molecular complexity index is 728. The molecule has 0 N–H and O–H groups in total. The normalized spacial score (nSPS) is 25.9. The number of carbonyl (C=O) groups excluding carboxylic acids is 3. The maximum Gasteiger partial charge on any atom is 0.234 e. The summed E-state index contributed by atoms with van der Waals surface area (Å²) in [6.07, 6.45) is 2.53. The first-order chi connectivity index (χ1) is 11.8. The fourth-order valence-electron chi connectivity index (χ4n) is 4.09. The number of nitrogens with zero attached hydrogens (tertiary/aromatic N) is 2. The first kappa shape index (κ1) is 17.6. The molecule has 2 aliphatic rings. The molecule has 3 atom stereocenters. The first-order valence-corrected chi connectivity index (χ1v) is 9.00. The SMILES string of the molecule is CC(=O)N(CN1C(=O)C2CCC(C)CC2C1=O)c1cc(C)ccc1C. The first-order valence-electron chi connectivity index (χ1n) is 9.00. The van der Waals surface area contributed by atoms with Crippen molar-refractivity contribution in [3.8, 4) is 0 Å². The smallest absolute Gasteiger partial charge is 0.234 e. The molecule has 0 bridgehead atoms. The third-order valence-electron chi connectivity index (χ3n) is 5.60. The second-order valence-electron chi connectivity index (χ2n) is 7.61. The molecule has 3 rings (SSSR count). The molecule has 1 saturated heterocycles. The van der Waals surface area contributed by atoms with Crippen molar-refractivity contribution in [2.75, 3.05) is 11.6 Å². The van der Waals surface area contributed by atoms with E-state index in [-0.39, 0.29) is 36.2 Å². The monoisotopic (exact) mass is 342 g/mol. The van der Waals surface area contributed by atoms with Crippen molar-refractivity contribution >= 4 is 23.4 Å². The summed E-state index contributed by atoms with van der Waals surface area (Å²) in [4.78, 5) is 40.7. The minimum Gasteiger partial charge on any atom is -0.294 e. The van der Waals surface area contributed by atoms with Crippen LogP contribution in [0.3, 0.4) is 0 Å². The Morgan fingerprint density at radius 3 is 2.52 bits per heavy atom. The molecular weight excluding hydrogens is 316 g/mol. The third kappa shape index (κ3) is 3.20. The van der Waals surface area contributed by atoms with Crippen molar-refractivity contribution in [2.45, 2.75) is 47.0 Å². The molecule has 3 amide bonds. The van der Waals surface area contributed by atoms with Crippen LogP contribution in [0.25, 0.3) is 0 Å². The highest BCUT2D eigenvalue weighted by molar-refractivity contribution is 6.06. The van der Waals surface area contributed by atoms with Gasteiger partial charge in [0, 0.05) is 12.6 Å². The summed E-state index contributed by atoms with van der Waals surface area (Å²) in [5, 5.41) is 0. The second-order valence-corrected chi connectivity index (χ2v) is 7.61. The second kappa shape index (κ2) is 6.62. The van der Waals surface area contributed by atoms with Crippen molar-refractivity contribution < 1.29 is 14.4 Å². The Morgan fingerprint density at radius 2 is 1.84 bits per heavy atom. The summed E-state index contributed by atoms with van der Waals surface area (Å²) in [7, 11) is 0. The van der Waals surface area contributed by atoms with Gasteiger partial charge < -0.3 is 0 Å². The largest absolute Gasteiger partial charge is 0.294 e. The average Bonchev–Trinajstić information content (AvgIpc) is 2.78. The van der Waals surface area contributed by atoms with Gasteiger partial charge in [-0.3, -0.25) is 24.2 Å². The lowest BCUT2D eigenvalue weighted by atomic mass is 9.76. The van der Waals surface area contributed by atoms with Gasteiger partial charge in [0.05, 0.1) is 11.8 Å². The molecular formula is C20H26N2O3. The number of likely N-dealkylation sites (tertiary alicyclic amines) is 1. The molecule has 3 unspecified atom stereocenters. The Labute approximate surface area is 149 Å². The van der Waals surface area contributed by atoms with E-state index in [2.05, 4.69) is 6.92 Å². The fraction of sp³-hybridized carbons (Fsp3) is 0.550. The predicted octanol–water partition coefficient (Wildman–Crippen LogP) is 3.04. The number of anilines is 1. The van der Waals surface area contributed by atoms with Gasteiger partial charge in [-0.1, -0.05) is 19.1 Å². The molecule has 0 spiro atoms. The van der Waals surface area contributed by atoms with Gasteiger partial charge >= 0.3 is 0 Å². The maximum atomic E-state index is 12.8. The van der Waals surface area contributed by atoms with E-state index in [1.165, 1.54) is 11.8 Å². The number of hydrogen-bond acceptors (Lipinski definition) is 3. The molecule has 1 aromatic rings. The number of carbonyl (C=O) groups is 3. The summed E-state index contributed by atoms with van der Waals surface area (Å²) in [6, 6.07) is 5.87. The molecule has 1 saturated carbocycles. The molecule has 5 heteroatoms. The highest BCUT2D eigenvalue weighted by atomic mass is 16.2. The van der Waals surface area contributed by atoms with Crippen LogP contribution in [0.15, 0.2) is 18.2 Å². The number of hydrogen-bond donors (Lipinski definition) is 0. The lowest BCUT2D eigenvalue weighted by molar-refractivity contribution is -0.140. The lowest BCUT2D eigenvalue weighted by Gasteiger charge is -2.28. The number of amides is 3. The van der Waals surface area contributed by atoms with E-state index >= 15 is 0 Å². The molecule has 0 aromatic heterocycles. The van der Waals surface area contributed by atoms with Crippen LogP contribution in [0.1, 0.15) is 44.2 Å². The van der Waals surface area contributed by atoms with Gasteiger partial charge in [0.25, 0.3) is 0 Å². The van der Waals surface area contributed by atoms with E-state index in [4.69, 9.17) is 0 Å². The van der Waals surface area contributed by atoms with Crippen molar-refractivity contribution in [1.29, 1.82) is 0 Å². The summed E-state index contributed by atoms with van der Waals surface area (Å²) in [5.41, 5.74) is 2.75. The predicted molar refractivity (Wildman–Crippen MR) is 95.8 cm³/mol. The quantitative estimate of drug-likeness (QED) is 0.793. The Morgan fingerprint density at radius 1 is 1.16 bits per heavy atom. The summed E-state index contributed by atoms with van der Waals surface area (Å²) < 4.78 is 0. The molecule has 1 aliphatic heterocycles. The van der Waals surface area contributed by atoms with Crippen molar-refractivity contribution in [3.63, 3.8) is 0 Å². The van der Waals surface area contributed by atoms with Crippen molar-refractivity contribution in [3.05, 3.63) is 29.3 Å². The molecule has 1 aromatic carbocycles. The fourth-order valence-corrected chi connectivity index (χ4v) is 4.09. The van der Waals surface area contributed by atoms with Crippen LogP contribution in [0, 0.1) is 31.6 Å². The van der Waals surface area contributed by atoms with Crippen molar-refractivity contribution in [1.82, 2.24) is 4.90 Å². The highest BCUT2D eigenvalue weighted by Crippen LogP contribution is 2.40. The van der Waals surface area contributed by atoms with Crippen LogP contribution in [-0.4, -0.2) is 29.3 Å². The van der Waals surface area contributed by atoms with Crippen molar-refractivity contribution in [2.24, 2.45) is 17.8 Å². The third-order valence-corrected chi connectivity index (χ3v) is 5.60. The highest BCUT2D eigenvalue weighted by Gasteiger charge is 2.49. The van der Waals surface area contributed by atoms with Gasteiger partial charge in [0.1, 0.15) is 6.67 Å². The van der Waals surface area contributed by atoms with Crippen LogP contribution in [0.5, 0.6) is 0 Å². The van der Waals surface area contributed by atoms with E-state index in [1.807, 2.05) is 32.0 Å². The van der Waals surface area contributed by atoms with Crippen LogP contribution < -0.4 is 4.90 Å². The van der Waals surface area contributed by atoms with E-state index in [0.717, 1.165) is 36.1 Å². The molecule has 1 aliphatic carbocycles. The van der Waals surface area contributed by atoms with Crippen LogP contribution in [0.4, 0.5) is 5.69 Å². The zero-order valence-electron chi connectivity index (χ0n) is 15.4. The number of benzene rings is 1. The van der Waals surface area contributed by atoms with E-state index in [9.17, 15) is 14.4 Å².